The van der Waals surface area contributed by atoms with Crippen LogP contribution in [0.5, 0.6) is 11.5 Å². The van der Waals surface area contributed by atoms with E-state index in [9.17, 15) is 9.90 Å². The van der Waals surface area contributed by atoms with E-state index in [1.165, 1.54) is 12.8 Å². The molecule has 2 aliphatic carbocycles. The van der Waals surface area contributed by atoms with Gasteiger partial charge < -0.3 is 14.6 Å². The van der Waals surface area contributed by atoms with E-state index in [1.54, 1.807) is 7.11 Å². The zero-order valence-corrected chi connectivity index (χ0v) is 13.1. The average Bonchev–Trinajstić information content (AvgIpc) is 3.37. The van der Waals surface area contributed by atoms with Crippen molar-refractivity contribution < 1.29 is 19.4 Å². The van der Waals surface area contributed by atoms with Crippen molar-refractivity contribution in [2.45, 2.75) is 50.4 Å². The highest BCUT2D eigenvalue weighted by molar-refractivity contribution is 5.82. The van der Waals surface area contributed by atoms with E-state index in [-0.39, 0.29) is 0 Å². The normalized spacial score (nSPS) is 20.4. The van der Waals surface area contributed by atoms with Gasteiger partial charge in [0.05, 0.1) is 19.1 Å². The molecule has 3 rings (SSSR count). The molecule has 0 radical (unpaired) electrons. The summed E-state index contributed by atoms with van der Waals surface area (Å²) in [7, 11) is 1.61. The Bertz CT molecular complexity index is 542. The van der Waals surface area contributed by atoms with E-state index in [0.717, 1.165) is 37.2 Å². The lowest BCUT2D eigenvalue weighted by Gasteiger charge is -2.34. The van der Waals surface area contributed by atoms with Crippen LogP contribution < -0.4 is 9.47 Å². The summed E-state index contributed by atoms with van der Waals surface area (Å²) in [6.45, 7) is 0.722. The number of hydrogen-bond acceptors (Lipinski definition) is 3. The first-order valence-electron chi connectivity index (χ1n) is 8.20. The predicted octanol–water partition coefficient (Wildman–Crippen LogP) is 3.77. The summed E-state index contributed by atoms with van der Waals surface area (Å²) < 4.78 is 11.3. The Kier molecular flexibility index (Phi) is 4.27. The van der Waals surface area contributed by atoms with Crippen molar-refractivity contribution in [2.24, 2.45) is 5.92 Å². The predicted molar refractivity (Wildman–Crippen MR) is 83.6 cm³/mol. The lowest BCUT2D eigenvalue weighted by atomic mass is 9.69. The molecule has 2 aliphatic rings. The second-order valence-corrected chi connectivity index (χ2v) is 6.57. The standard InChI is InChI=1S/C18H24O4/c1-21-16-11-14(7-8-15(16)22-12-13-5-6-13)18(17(19)20)9-3-2-4-10-18/h7-8,11,13H,2-6,9-10,12H2,1H3,(H,19,20). The van der Waals surface area contributed by atoms with Gasteiger partial charge in [-0.2, -0.15) is 0 Å². The fraction of sp³-hybridized carbons (Fsp3) is 0.611. The molecule has 0 heterocycles. The highest BCUT2D eigenvalue weighted by Gasteiger charge is 2.41. The topological polar surface area (TPSA) is 55.8 Å². The van der Waals surface area contributed by atoms with Crippen LogP contribution in [0, 0.1) is 5.92 Å². The van der Waals surface area contributed by atoms with Crippen LogP contribution in [-0.4, -0.2) is 24.8 Å². The van der Waals surface area contributed by atoms with Gasteiger partial charge in [0.1, 0.15) is 0 Å². The van der Waals surface area contributed by atoms with Gasteiger partial charge in [-0.25, -0.2) is 0 Å². The second kappa shape index (κ2) is 6.19. The van der Waals surface area contributed by atoms with E-state index < -0.39 is 11.4 Å². The van der Waals surface area contributed by atoms with Crippen LogP contribution in [0.2, 0.25) is 0 Å². The fourth-order valence-corrected chi connectivity index (χ4v) is 3.36. The molecule has 1 aromatic carbocycles. The number of ether oxygens (including phenoxy) is 2. The molecule has 0 aromatic heterocycles. The maximum Gasteiger partial charge on any atom is 0.314 e. The van der Waals surface area contributed by atoms with Gasteiger partial charge in [0.25, 0.3) is 0 Å². The molecule has 0 atom stereocenters. The van der Waals surface area contributed by atoms with Gasteiger partial charge in [-0.15, -0.1) is 0 Å². The summed E-state index contributed by atoms with van der Waals surface area (Å²) in [4.78, 5) is 11.9. The number of hydrogen-bond donors (Lipinski definition) is 1. The Morgan fingerprint density at radius 2 is 1.95 bits per heavy atom. The summed E-state index contributed by atoms with van der Waals surface area (Å²) >= 11 is 0. The number of benzene rings is 1. The second-order valence-electron chi connectivity index (χ2n) is 6.57. The van der Waals surface area contributed by atoms with Crippen molar-refractivity contribution in [2.75, 3.05) is 13.7 Å². The van der Waals surface area contributed by atoms with Gasteiger partial charge in [0.15, 0.2) is 11.5 Å². The van der Waals surface area contributed by atoms with Crippen LogP contribution in [0.3, 0.4) is 0 Å². The van der Waals surface area contributed by atoms with E-state index in [0.29, 0.717) is 24.5 Å². The molecule has 2 fully saturated rings. The Morgan fingerprint density at radius 1 is 1.23 bits per heavy atom. The Hall–Kier alpha value is -1.71. The molecule has 2 saturated carbocycles. The molecular formula is C18H24O4. The molecule has 120 valence electrons. The molecule has 0 spiro atoms. The van der Waals surface area contributed by atoms with Crippen LogP contribution >= 0.6 is 0 Å². The van der Waals surface area contributed by atoms with Crippen LogP contribution in [0.1, 0.15) is 50.5 Å². The third-order valence-corrected chi connectivity index (χ3v) is 5.00. The van der Waals surface area contributed by atoms with Crippen LogP contribution in [0.4, 0.5) is 0 Å². The van der Waals surface area contributed by atoms with E-state index in [2.05, 4.69) is 0 Å². The molecule has 0 amide bonds. The average molecular weight is 304 g/mol. The van der Waals surface area contributed by atoms with Crippen LogP contribution in [0.15, 0.2) is 18.2 Å². The molecule has 22 heavy (non-hydrogen) atoms. The third-order valence-electron chi connectivity index (χ3n) is 5.00. The number of carboxylic acids is 1. The van der Waals surface area contributed by atoms with Gasteiger partial charge in [-0.3, -0.25) is 4.79 Å². The Balaban J connectivity index is 1.87. The van der Waals surface area contributed by atoms with Gasteiger partial charge in [0, 0.05) is 0 Å². The minimum atomic E-state index is -0.763. The maximum atomic E-state index is 11.9. The number of rotatable bonds is 6. The van der Waals surface area contributed by atoms with Crippen molar-refractivity contribution in [3.8, 4) is 11.5 Å². The van der Waals surface area contributed by atoms with Crippen molar-refractivity contribution in [1.82, 2.24) is 0 Å². The van der Waals surface area contributed by atoms with Crippen molar-refractivity contribution in [3.63, 3.8) is 0 Å². The third kappa shape index (κ3) is 2.92. The summed E-state index contributed by atoms with van der Waals surface area (Å²) in [6, 6.07) is 5.64. The minimum Gasteiger partial charge on any atom is -0.493 e. The monoisotopic (exact) mass is 304 g/mol. The highest BCUT2D eigenvalue weighted by Crippen LogP contribution is 2.43. The highest BCUT2D eigenvalue weighted by atomic mass is 16.5. The lowest BCUT2D eigenvalue weighted by Crippen LogP contribution is -2.37. The van der Waals surface area contributed by atoms with Crippen molar-refractivity contribution >= 4 is 5.97 Å². The molecule has 0 bridgehead atoms. The molecule has 1 N–H and O–H groups in total. The minimum absolute atomic E-state index is 0.643. The zero-order valence-electron chi connectivity index (χ0n) is 13.1. The first-order valence-corrected chi connectivity index (χ1v) is 8.20. The summed E-state index contributed by atoms with van der Waals surface area (Å²) in [5, 5.41) is 9.79. The number of aliphatic carboxylic acids is 1. The summed E-state index contributed by atoms with van der Waals surface area (Å²) in [5.74, 6) is 1.31. The molecule has 1 aromatic rings. The van der Waals surface area contributed by atoms with Crippen LogP contribution in [-0.2, 0) is 10.2 Å². The van der Waals surface area contributed by atoms with Gasteiger partial charge in [-0.05, 0) is 49.3 Å². The Labute approximate surface area is 131 Å². The molecule has 0 unspecified atom stereocenters. The zero-order chi connectivity index (χ0) is 15.6. The summed E-state index contributed by atoms with van der Waals surface area (Å²) in [6.07, 6.45) is 6.93. The van der Waals surface area contributed by atoms with E-state index in [4.69, 9.17) is 9.47 Å². The fourth-order valence-electron chi connectivity index (χ4n) is 3.36. The SMILES string of the molecule is COc1cc(C2(C(=O)O)CCCCC2)ccc1OCC1CC1. The number of carboxylic acid groups (broad SMARTS) is 1. The van der Waals surface area contributed by atoms with Crippen LogP contribution in [0.25, 0.3) is 0 Å². The van der Waals surface area contributed by atoms with Gasteiger partial charge in [0.2, 0.25) is 0 Å². The smallest absolute Gasteiger partial charge is 0.314 e. The first-order chi connectivity index (χ1) is 10.7. The van der Waals surface area contributed by atoms with Crippen molar-refractivity contribution in [1.29, 1.82) is 0 Å². The first kappa shape index (κ1) is 15.2. The van der Waals surface area contributed by atoms with Crippen molar-refractivity contribution in [3.05, 3.63) is 23.8 Å². The summed E-state index contributed by atoms with van der Waals surface area (Å²) in [5.41, 5.74) is 0.0795. The van der Waals surface area contributed by atoms with E-state index in [1.807, 2.05) is 18.2 Å². The molecule has 0 saturated heterocycles. The number of carbonyl (C=O) groups is 1. The van der Waals surface area contributed by atoms with Gasteiger partial charge in [-0.1, -0.05) is 25.3 Å². The Morgan fingerprint density at radius 3 is 2.55 bits per heavy atom. The lowest BCUT2D eigenvalue weighted by molar-refractivity contribution is -0.145. The van der Waals surface area contributed by atoms with Gasteiger partial charge >= 0.3 is 5.97 Å². The molecular weight excluding hydrogens is 280 g/mol. The molecule has 4 heteroatoms. The quantitative estimate of drug-likeness (QED) is 0.869. The number of methoxy groups -OCH3 is 1. The van der Waals surface area contributed by atoms with E-state index >= 15 is 0 Å². The maximum absolute atomic E-state index is 11.9. The molecule has 0 aliphatic heterocycles. The molecule has 4 nitrogen and oxygen atoms in total. The largest absolute Gasteiger partial charge is 0.493 e.